The zero-order valence-electron chi connectivity index (χ0n) is 15.3. The molecule has 0 aromatic heterocycles. The van der Waals surface area contributed by atoms with Crippen LogP contribution < -0.4 is 26.2 Å². The van der Waals surface area contributed by atoms with Crippen LogP contribution in [0.1, 0.15) is 24.2 Å². The van der Waals surface area contributed by atoms with Crippen molar-refractivity contribution in [1.29, 1.82) is 0 Å². The van der Waals surface area contributed by atoms with Crippen LogP contribution in [0.2, 0.25) is 0 Å². The van der Waals surface area contributed by atoms with E-state index in [2.05, 4.69) is 16.0 Å². The third kappa shape index (κ3) is 6.01. The molecule has 0 unspecified atom stereocenters. The van der Waals surface area contributed by atoms with Crippen molar-refractivity contribution in [2.75, 3.05) is 17.7 Å². The third-order valence-electron chi connectivity index (χ3n) is 3.54. The summed E-state index contributed by atoms with van der Waals surface area (Å²) in [6, 6.07) is 10.3. The Balaban J connectivity index is 2.16. The molecule has 5 N–H and O–H groups in total. The van der Waals surface area contributed by atoms with Gasteiger partial charge in [-0.05, 0) is 61.8 Å². The molecule has 9 heteroatoms. The summed E-state index contributed by atoms with van der Waals surface area (Å²) >= 11 is 0. The van der Waals surface area contributed by atoms with Crippen LogP contribution in [-0.4, -0.2) is 42.3 Å². The van der Waals surface area contributed by atoms with Gasteiger partial charge in [0.05, 0.1) is 7.11 Å². The number of nitrogens with one attached hydrogen (secondary N) is 3. The summed E-state index contributed by atoms with van der Waals surface area (Å²) in [6.45, 7) is 3.62. The molecule has 2 rings (SSSR count). The lowest BCUT2D eigenvalue weighted by atomic mass is 9.79. The summed E-state index contributed by atoms with van der Waals surface area (Å²) in [5.74, 6) is 0.275. The SMILES string of the molecule is COc1ccc(NC(=O)Nc2cc(B(O)O)cc(C(=O)NC(C)C)c2)cc1. The first-order valence-corrected chi connectivity index (χ1v) is 8.32. The molecule has 0 spiro atoms. The highest BCUT2D eigenvalue weighted by molar-refractivity contribution is 6.58. The lowest BCUT2D eigenvalue weighted by molar-refractivity contribution is 0.0943. The van der Waals surface area contributed by atoms with Crippen molar-refractivity contribution in [2.45, 2.75) is 19.9 Å². The smallest absolute Gasteiger partial charge is 0.488 e. The Morgan fingerprint density at radius 2 is 1.63 bits per heavy atom. The predicted molar refractivity (Wildman–Crippen MR) is 105 cm³/mol. The Kier molecular flexibility index (Phi) is 6.81. The Labute approximate surface area is 157 Å². The molecule has 0 saturated heterocycles. The van der Waals surface area contributed by atoms with Gasteiger partial charge in [-0.15, -0.1) is 0 Å². The van der Waals surface area contributed by atoms with E-state index in [1.807, 2.05) is 13.8 Å². The van der Waals surface area contributed by atoms with Crippen LogP contribution in [0.15, 0.2) is 42.5 Å². The van der Waals surface area contributed by atoms with Crippen molar-refractivity contribution in [3.05, 3.63) is 48.0 Å². The number of urea groups is 1. The molecule has 0 heterocycles. The zero-order valence-corrected chi connectivity index (χ0v) is 15.3. The van der Waals surface area contributed by atoms with Crippen LogP contribution in [0.5, 0.6) is 5.75 Å². The molecule has 0 radical (unpaired) electrons. The monoisotopic (exact) mass is 371 g/mol. The molecule has 142 valence electrons. The molecule has 3 amide bonds. The zero-order chi connectivity index (χ0) is 20.0. The molecule has 0 aliphatic rings. The van der Waals surface area contributed by atoms with Gasteiger partial charge < -0.3 is 30.7 Å². The fourth-order valence-electron chi connectivity index (χ4n) is 2.32. The number of benzene rings is 2. The van der Waals surface area contributed by atoms with Crippen molar-refractivity contribution < 1.29 is 24.4 Å². The van der Waals surface area contributed by atoms with Gasteiger partial charge in [-0.25, -0.2) is 4.79 Å². The van der Waals surface area contributed by atoms with E-state index in [1.165, 1.54) is 18.2 Å². The molecule has 0 atom stereocenters. The minimum atomic E-state index is -1.78. The number of methoxy groups -OCH3 is 1. The molecule has 0 fully saturated rings. The van der Waals surface area contributed by atoms with Crippen LogP contribution >= 0.6 is 0 Å². The number of hydrogen-bond donors (Lipinski definition) is 5. The number of anilines is 2. The van der Waals surface area contributed by atoms with Crippen LogP contribution in [0.3, 0.4) is 0 Å². The van der Waals surface area contributed by atoms with Gasteiger partial charge >= 0.3 is 13.1 Å². The summed E-state index contributed by atoms with van der Waals surface area (Å²) in [5, 5.41) is 26.8. The van der Waals surface area contributed by atoms with E-state index < -0.39 is 13.1 Å². The molecule has 0 bridgehead atoms. The van der Waals surface area contributed by atoms with Gasteiger partial charge in [0.25, 0.3) is 5.91 Å². The van der Waals surface area contributed by atoms with Gasteiger partial charge in [-0.1, -0.05) is 0 Å². The lowest BCUT2D eigenvalue weighted by Crippen LogP contribution is -2.34. The molecule has 2 aromatic rings. The Morgan fingerprint density at radius 1 is 1.00 bits per heavy atom. The number of rotatable bonds is 6. The van der Waals surface area contributed by atoms with Gasteiger partial charge in [-0.3, -0.25) is 4.79 Å². The number of carbonyl (C=O) groups excluding carboxylic acids is 2. The summed E-state index contributed by atoms with van der Waals surface area (Å²) in [4.78, 5) is 24.4. The summed E-state index contributed by atoms with van der Waals surface area (Å²) < 4.78 is 5.05. The summed E-state index contributed by atoms with van der Waals surface area (Å²) in [7, 11) is -0.230. The van der Waals surface area contributed by atoms with E-state index >= 15 is 0 Å². The van der Waals surface area contributed by atoms with E-state index in [4.69, 9.17) is 4.74 Å². The van der Waals surface area contributed by atoms with Crippen molar-refractivity contribution >= 4 is 35.9 Å². The molecule has 0 aliphatic carbocycles. The van der Waals surface area contributed by atoms with Crippen LogP contribution in [0, 0.1) is 0 Å². The number of amides is 3. The predicted octanol–water partition coefficient (Wildman–Crippen LogP) is 1.16. The van der Waals surface area contributed by atoms with Gasteiger partial charge in [-0.2, -0.15) is 0 Å². The Hall–Kier alpha value is -3.04. The molecular weight excluding hydrogens is 349 g/mol. The van der Waals surface area contributed by atoms with Crippen molar-refractivity contribution in [3.63, 3.8) is 0 Å². The van der Waals surface area contributed by atoms with Gasteiger partial charge in [0.15, 0.2) is 0 Å². The minimum absolute atomic E-state index is 0.0880. The first-order chi connectivity index (χ1) is 12.8. The van der Waals surface area contributed by atoms with Gasteiger partial charge in [0.2, 0.25) is 0 Å². The highest BCUT2D eigenvalue weighted by Crippen LogP contribution is 2.16. The standard InChI is InChI=1S/C18H22BN3O5/c1-11(2)20-17(23)12-8-13(19(25)26)10-15(9-12)22-18(24)21-14-4-6-16(27-3)7-5-14/h4-11,25-26H,1-3H3,(H,20,23)(H2,21,22,24). The van der Waals surface area contributed by atoms with Crippen LogP contribution in [-0.2, 0) is 0 Å². The second kappa shape index (κ2) is 9.06. The lowest BCUT2D eigenvalue weighted by Gasteiger charge is -2.13. The van der Waals surface area contributed by atoms with E-state index in [1.54, 1.807) is 31.4 Å². The largest absolute Gasteiger partial charge is 0.497 e. The Morgan fingerprint density at radius 3 is 2.19 bits per heavy atom. The van der Waals surface area contributed by atoms with E-state index in [9.17, 15) is 19.6 Å². The first-order valence-electron chi connectivity index (χ1n) is 8.32. The molecule has 0 aliphatic heterocycles. The van der Waals surface area contributed by atoms with Crippen molar-refractivity contribution in [3.8, 4) is 5.75 Å². The molecule has 0 saturated carbocycles. The van der Waals surface area contributed by atoms with Gasteiger partial charge in [0, 0.05) is 23.0 Å². The summed E-state index contributed by atoms with van der Waals surface area (Å²) in [6.07, 6.45) is 0. The molecular formula is C18H22BN3O5. The average Bonchev–Trinajstić information content (AvgIpc) is 2.61. The summed E-state index contributed by atoms with van der Waals surface area (Å²) in [5.41, 5.74) is 1.09. The Bertz CT molecular complexity index is 809. The van der Waals surface area contributed by atoms with E-state index in [0.717, 1.165) is 0 Å². The number of carbonyl (C=O) groups is 2. The van der Waals surface area contributed by atoms with E-state index in [0.29, 0.717) is 11.4 Å². The molecule has 27 heavy (non-hydrogen) atoms. The number of ether oxygens (including phenoxy) is 1. The maximum absolute atomic E-state index is 12.2. The van der Waals surface area contributed by atoms with Crippen molar-refractivity contribution in [1.82, 2.24) is 5.32 Å². The topological polar surface area (TPSA) is 120 Å². The highest BCUT2D eigenvalue weighted by atomic mass is 16.5. The van der Waals surface area contributed by atoms with Crippen LogP contribution in [0.4, 0.5) is 16.2 Å². The number of hydrogen-bond acceptors (Lipinski definition) is 5. The van der Waals surface area contributed by atoms with Crippen LogP contribution in [0.25, 0.3) is 0 Å². The highest BCUT2D eigenvalue weighted by Gasteiger charge is 2.17. The normalized spacial score (nSPS) is 10.3. The molecule has 2 aromatic carbocycles. The minimum Gasteiger partial charge on any atom is -0.497 e. The van der Waals surface area contributed by atoms with Gasteiger partial charge in [0.1, 0.15) is 5.75 Å². The average molecular weight is 371 g/mol. The first kappa shape index (κ1) is 20.3. The second-order valence-electron chi connectivity index (χ2n) is 6.15. The van der Waals surface area contributed by atoms with Crippen molar-refractivity contribution in [2.24, 2.45) is 0 Å². The third-order valence-corrected chi connectivity index (χ3v) is 3.54. The fourth-order valence-corrected chi connectivity index (χ4v) is 2.32. The second-order valence-corrected chi connectivity index (χ2v) is 6.15. The molecule has 8 nitrogen and oxygen atoms in total. The van der Waals surface area contributed by atoms with E-state index in [-0.39, 0.29) is 28.7 Å². The maximum atomic E-state index is 12.2. The maximum Gasteiger partial charge on any atom is 0.488 e. The quantitative estimate of drug-likeness (QED) is 0.488. The fraction of sp³-hybridized carbons (Fsp3) is 0.222.